The van der Waals surface area contributed by atoms with Crippen LogP contribution in [0.1, 0.15) is 23.0 Å². The molecule has 0 aliphatic rings. The fourth-order valence-electron chi connectivity index (χ4n) is 1.75. The second kappa shape index (κ2) is 6.45. The predicted octanol–water partition coefficient (Wildman–Crippen LogP) is 1.56. The van der Waals surface area contributed by atoms with Gasteiger partial charge in [-0.15, -0.1) is 0 Å². The van der Waals surface area contributed by atoms with Crippen molar-refractivity contribution in [2.24, 2.45) is 0 Å². The Hall–Kier alpha value is -2.28. The molecule has 0 spiro atoms. The maximum absolute atomic E-state index is 11.7. The van der Waals surface area contributed by atoms with Gasteiger partial charge in [-0.1, -0.05) is 0 Å². The Labute approximate surface area is 126 Å². The number of benzene rings is 1. The SMILES string of the molecule is CCNC(=O)c1ccc(Sc2nc(C)cc(=O)[nH]2)c(N)c1. The number of amides is 1. The minimum atomic E-state index is -0.206. The van der Waals surface area contributed by atoms with Crippen LogP contribution in [0.2, 0.25) is 0 Å². The molecule has 0 saturated carbocycles. The first kappa shape index (κ1) is 15.1. The highest BCUT2D eigenvalue weighted by molar-refractivity contribution is 7.99. The Morgan fingerprint density at radius 2 is 2.19 bits per heavy atom. The van der Waals surface area contributed by atoms with Crippen LogP contribution in [0, 0.1) is 6.92 Å². The minimum Gasteiger partial charge on any atom is -0.398 e. The summed E-state index contributed by atoms with van der Waals surface area (Å²) in [7, 11) is 0. The quantitative estimate of drug-likeness (QED) is 0.588. The number of nitrogens with two attached hydrogens (primary N) is 1. The molecule has 110 valence electrons. The smallest absolute Gasteiger partial charge is 0.251 e. The first-order chi connectivity index (χ1) is 9.99. The number of hydrogen-bond acceptors (Lipinski definition) is 5. The monoisotopic (exact) mass is 304 g/mol. The second-order valence-corrected chi connectivity index (χ2v) is 5.44. The number of nitrogen functional groups attached to an aromatic ring is 1. The molecular weight excluding hydrogens is 288 g/mol. The highest BCUT2D eigenvalue weighted by atomic mass is 32.2. The molecule has 2 aromatic rings. The molecule has 0 aliphatic heterocycles. The Morgan fingerprint density at radius 1 is 1.43 bits per heavy atom. The summed E-state index contributed by atoms with van der Waals surface area (Å²) < 4.78 is 0. The molecule has 0 aliphatic carbocycles. The second-order valence-electron chi connectivity index (χ2n) is 4.41. The van der Waals surface area contributed by atoms with Crippen LogP contribution in [-0.4, -0.2) is 22.4 Å². The predicted molar refractivity (Wildman–Crippen MR) is 82.6 cm³/mol. The lowest BCUT2D eigenvalue weighted by atomic mass is 10.2. The summed E-state index contributed by atoms with van der Waals surface area (Å²) >= 11 is 1.25. The minimum absolute atomic E-state index is 0.164. The average molecular weight is 304 g/mol. The topological polar surface area (TPSA) is 101 Å². The Morgan fingerprint density at radius 3 is 2.81 bits per heavy atom. The van der Waals surface area contributed by atoms with Crippen molar-refractivity contribution in [3.8, 4) is 0 Å². The van der Waals surface area contributed by atoms with Gasteiger partial charge in [-0.2, -0.15) is 0 Å². The zero-order chi connectivity index (χ0) is 15.4. The van der Waals surface area contributed by atoms with Crippen molar-refractivity contribution < 1.29 is 4.79 Å². The van der Waals surface area contributed by atoms with Gasteiger partial charge in [0.2, 0.25) is 0 Å². The lowest BCUT2D eigenvalue weighted by molar-refractivity contribution is 0.0956. The molecule has 0 unspecified atom stereocenters. The van der Waals surface area contributed by atoms with Gasteiger partial charge in [-0.3, -0.25) is 9.59 Å². The number of carbonyl (C=O) groups is 1. The molecule has 7 heteroatoms. The summed E-state index contributed by atoms with van der Waals surface area (Å²) in [6.07, 6.45) is 0. The zero-order valence-electron chi connectivity index (χ0n) is 11.8. The third-order valence-electron chi connectivity index (χ3n) is 2.66. The number of H-pyrrole nitrogens is 1. The molecule has 0 saturated heterocycles. The maximum Gasteiger partial charge on any atom is 0.251 e. The molecule has 0 atom stereocenters. The van der Waals surface area contributed by atoms with E-state index in [4.69, 9.17) is 5.73 Å². The standard InChI is InChI=1S/C14H16N4O2S/c1-3-16-13(20)9-4-5-11(10(15)7-9)21-14-17-8(2)6-12(19)18-14/h4-7H,3,15H2,1-2H3,(H,16,20)(H,17,18,19). The molecule has 0 fully saturated rings. The molecule has 4 N–H and O–H groups in total. The molecule has 2 rings (SSSR count). The van der Waals surface area contributed by atoms with Crippen molar-refractivity contribution in [2.45, 2.75) is 23.9 Å². The van der Waals surface area contributed by atoms with E-state index in [9.17, 15) is 9.59 Å². The zero-order valence-corrected chi connectivity index (χ0v) is 12.6. The summed E-state index contributed by atoms with van der Waals surface area (Å²) in [6.45, 7) is 4.16. The summed E-state index contributed by atoms with van der Waals surface area (Å²) in [4.78, 5) is 30.7. The number of rotatable bonds is 4. The Bertz CT molecular complexity index is 727. The van der Waals surface area contributed by atoms with Gasteiger partial charge in [0.15, 0.2) is 5.16 Å². The summed E-state index contributed by atoms with van der Waals surface area (Å²) in [5, 5.41) is 3.18. The van der Waals surface area contributed by atoms with Crippen molar-refractivity contribution in [1.29, 1.82) is 0 Å². The summed E-state index contributed by atoms with van der Waals surface area (Å²) in [6, 6.07) is 6.47. The van der Waals surface area contributed by atoms with Gasteiger partial charge in [0.05, 0.1) is 0 Å². The number of nitrogens with one attached hydrogen (secondary N) is 2. The largest absolute Gasteiger partial charge is 0.398 e. The number of nitrogens with zero attached hydrogens (tertiary/aromatic N) is 1. The average Bonchev–Trinajstić information content (AvgIpc) is 2.40. The van der Waals surface area contributed by atoms with Crippen LogP contribution in [0.25, 0.3) is 0 Å². The Balaban J connectivity index is 2.25. The number of aromatic amines is 1. The number of hydrogen-bond donors (Lipinski definition) is 3. The van der Waals surface area contributed by atoms with Gasteiger partial charge < -0.3 is 16.0 Å². The molecule has 1 amide bonds. The molecule has 0 radical (unpaired) electrons. The van der Waals surface area contributed by atoms with Gasteiger partial charge in [0, 0.05) is 34.5 Å². The Kier molecular flexibility index (Phi) is 4.64. The van der Waals surface area contributed by atoms with Crippen LogP contribution in [-0.2, 0) is 0 Å². The summed E-state index contributed by atoms with van der Waals surface area (Å²) in [5.74, 6) is -0.164. The molecule has 1 heterocycles. The van der Waals surface area contributed by atoms with E-state index in [1.165, 1.54) is 17.8 Å². The molecule has 1 aromatic carbocycles. The van der Waals surface area contributed by atoms with E-state index in [-0.39, 0.29) is 11.5 Å². The van der Waals surface area contributed by atoms with Crippen molar-refractivity contribution in [2.75, 3.05) is 12.3 Å². The van der Waals surface area contributed by atoms with E-state index in [0.29, 0.717) is 28.6 Å². The van der Waals surface area contributed by atoms with E-state index < -0.39 is 0 Å². The lowest BCUT2D eigenvalue weighted by Gasteiger charge is -2.08. The van der Waals surface area contributed by atoms with Gasteiger partial charge in [-0.05, 0) is 43.8 Å². The highest BCUT2D eigenvalue weighted by Crippen LogP contribution is 2.30. The van der Waals surface area contributed by atoms with Crippen LogP contribution < -0.4 is 16.6 Å². The van der Waals surface area contributed by atoms with Crippen LogP contribution in [0.4, 0.5) is 5.69 Å². The normalized spacial score (nSPS) is 10.4. The highest BCUT2D eigenvalue weighted by Gasteiger charge is 2.09. The van der Waals surface area contributed by atoms with Crippen molar-refractivity contribution in [3.63, 3.8) is 0 Å². The van der Waals surface area contributed by atoms with Gasteiger partial charge in [0.1, 0.15) is 0 Å². The van der Waals surface area contributed by atoms with Crippen LogP contribution >= 0.6 is 11.8 Å². The first-order valence-electron chi connectivity index (χ1n) is 6.43. The van der Waals surface area contributed by atoms with Crippen LogP contribution in [0.5, 0.6) is 0 Å². The van der Waals surface area contributed by atoms with Crippen LogP contribution in [0.3, 0.4) is 0 Å². The molecular formula is C14H16N4O2S. The van der Waals surface area contributed by atoms with Gasteiger partial charge in [0.25, 0.3) is 11.5 Å². The van der Waals surface area contributed by atoms with E-state index in [1.807, 2.05) is 6.92 Å². The molecule has 0 bridgehead atoms. The molecule has 21 heavy (non-hydrogen) atoms. The van der Waals surface area contributed by atoms with Crippen molar-refractivity contribution in [3.05, 3.63) is 45.9 Å². The third-order valence-corrected chi connectivity index (χ3v) is 3.64. The third kappa shape index (κ3) is 3.85. The van der Waals surface area contributed by atoms with E-state index >= 15 is 0 Å². The van der Waals surface area contributed by atoms with Gasteiger partial charge >= 0.3 is 0 Å². The fourth-order valence-corrected chi connectivity index (χ4v) is 2.61. The lowest BCUT2D eigenvalue weighted by Crippen LogP contribution is -2.22. The van der Waals surface area contributed by atoms with Crippen LogP contribution in [0.15, 0.2) is 39.1 Å². The number of carbonyl (C=O) groups excluding carboxylic acids is 1. The number of anilines is 1. The van der Waals surface area contributed by atoms with Gasteiger partial charge in [-0.25, -0.2) is 4.98 Å². The summed E-state index contributed by atoms with van der Waals surface area (Å²) in [5.41, 5.74) is 7.36. The van der Waals surface area contributed by atoms with Crippen molar-refractivity contribution >= 4 is 23.4 Å². The van der Waals surface area contributed by atoms with Crippen molar-refractivity contribution in [1.82, 2.24) is 15.3 Å². The molecule has 6 nitrogen and oxygen atoms in total. The first-order valence-corrected chi connectivity index (χ1v) is 7.24. The maximum atomic E-state index is 11.7. The van der Waals surface area contributed by atoms with E-state index in [0.717, 1.165) is 4.90 Å². The van der Waals surface area contributed by atoms with E-state index in [1.54, 1.807) is 25.1 Å². The number of aromatic nitrogens is 2. The number of aryl methyl sites for hydroxylation is 1. The molecule has 1 aromatic heterocycles. The van der Waals surface area contributed by atoms with E-state index in [2.05, 4.69) is 15.3 Å². The fraction of sp³-hybridized carbons (Fsp3) is 0.214.